The van der Waals surface area contributed by atoms with Crippen LogP contribution >= 0.6 is 31.9 Å². The number of carbonyl (C=O) groups excluding carboxylic acids is 1. The van der Waals surface area contributed by atoms with Gasteiger partial charge in [0.1, 0.15) is 5.69 Å². The lowest BCUT2D eigenvalue weighted by molar-refractivity contribution is 0.0931. The van der Waals surface area contributed by atoms with Crippen molar-refractivity contribution in [2.75, 3.05) is 11.9 Å². The maximum absolute atomic E-state index is 11.8. The van der Waals surface area contributed by atoms with Crippen molar-refractivity contribution in [1.82, 2.24) is 10.3 Å². The molecule has 1 rings (SSSR count). The summed E-state index contributed by atoms with van der Waals surface area (Å²) in [6, 6.07) is 3.52. The zero-order chi connectivity index (χ0) is 12.9. The molecule has 0 saturated carbocycles. The molecule has 17 heavy (non-hydrogen) atoms. The van der Waals surface area contributed by atoms with Gasteiger partial charge < -0.3 is 5.32 Å². The predicted octanol–water partition coefficient (Wildman–Crippen LogP) is 3.39. The molecule has 3 nitrogen and oxygen atoms in total. The van der Waals surface area contributed by atoms with E-state index < -0.39 is 0 Å². The number of carbonyl (C=O) groups is 1. The molecule has 0 radical (unpaired) electrons. The van der Waals surface area contributed by atoms with E-state index >= 15 is 0 Å². The molecule has 1 amide bonds. The Morgan fingerprint density at radius 1 is 1.47 bits per heavy atom. The summed E-state index contributed by atoms with van der Waals surface area (Å²) in [6.45, 7) is 4.91. The summed E-state index contributed by atoms with van der Waals surface area (Å²) < 4.78 is 0.869. The van der Waals surface area contributed by atoms with Crippen LogP contribution in [0, 0.1) is 5.41 Å². The summed E-state index contributed by atoms with van der Waals surface area (Å²) in [4.78, 5) is 15.9. The van der Waals surface area contributed by atoms with Gasteiger partial charge in [-0.1, -0.05) is 29.8 Å². The Labute approximate surface area is 119 Å². The third kappa shape index (κ3) is 5.17. The molecule has 1 heterocycles. The number of pyridine rings is 1. The largest absolute Gasteiger partial charge is 0.350 e. The van der Waals surface area contributed by atoms with Crippen LogP contribution in [0.5, 0.6) is 0 Å². The van der Waals surface area contributed by atoms with E-state index in [4.69, 9.17) is 0 Å². The van der Waals surface area contributed by atoms with Crippen molar-refractivity contribution in [3.63, 3.8) is 0 Å². The number of halogens is 2. The Hall–Kier alpha value is -0.420. The summed E-state index contributed by atoms with van der Waals surface area (Å²) in [5.41, 5.74) is 0.539. The molecule has 0 saturated heterocycles. The average Bonchev–Trinajstić information content (AvgIpc) is 2.27. The maximum atomic E-state index is 11.8. The van der Waals surface area contributed by atoms with Crippen molar-refractivity contribution in [3.05, 3.63) is 28.5 Å². The molecular formula is C12H16Br2N2O. The summed E-state index contributed by atoms with van der Waals surface area (Å²) in [7, 11) is 0. The Bertz CT molecular complexity index is 377. The van der Waals surface area contributed by atoms with Crippen LogP contribution in [0.2, 0.25) is 0 Å². The van der Waals surface area contributed by atoms with Gasteiger partial charge in [0.25, 0.3) is 5.91 Å². The lowest BCUT2D eigenvalue weighted by atomic mass is 9.90. The van der Waals surface area contributed by atoms with Gasteiger partial charge >= 0.3 is 0 Å². The third-order valence-corrected chi connectivity index (χ3v) is 3.32. The van der Waals surface area contributed by atoms with Crippen LogP contribution in [0.3, 0.4) is 0 Å². The summed E-state index contributed by atoms with van der Waals surface area (Å²) in [6.07, 6.45) is 2.64. The van der Waals surface area contributed by atoms with Crippen molar-refractivity contribution in [2.24, 2.45) is 5.41 Å². The lowest BCUT2D eigenvalue weighted by Crippen LogP contribution is -2.34. The normalized spacial score (nSPS) is 11.3. The number of nitrogens with zero attached hydrogens (tertiary/aromatic N) is 1. The second-order valence-corrected chi connectivity index (χ2v) is 6.36. The number of hydrogen-bond donors (Lipinski definition) is 1. The van der Waals surface area contributed by atoms with Crippen LogP contribution in [-0.4, -0.2) is 22.8 Å². The lowest BCUT2D eigenvalue weighted by Gasteiger charge is -2.23. The van der Waals surface area contributed by atoms with Crippen LogP contribution < -0.4 is 5.32 Å². The quantitative estimate of drug-likeness (QED) is 0.814. The van der Waals surface area contributed by atoms with Gasteiger partial charge in [0, 0.05) is 22.5 Å². The molecule has 94 valence electrons. The highest BCUT2D eigenvalue weighted by Gasteiger charge is 2.18. The van der Waals surface area contributed by atoms with Gasteiger partial charge in [-0.2, -0.15) is 0 Å². The van der Waals surface area contributed by atoms with Crippen molar-refractivity contribution >= 4 is 37.8 Å². The standard InChI is InChI=1S/C12H16Br2N2O/c1-12(2,5-6-13)8-16-11(17)10-4-3-9(14)7-15-10/h3-4,7H,5-6,8H2,1-2H3,(H,16,17). The zero-order valence-electron chi connectivity index (χ0n) is 9.96. The Balaban J connectivity index is 2.53. The fraction of sp³-hybridized carbons (Fsp3) is 0.500. The molecule has 0 fully saturated rings. The molecule has 1 aromatic rings. The van der Waals surface area contributed by atoms with Gasteiger partial charge in [0.15, 0.2) is 0 Å². The summed E-state index contributed by atoms with van der Waals surface area (Å²) >= 11 is 6.70. The number of rotatable bonds is 5. The van der Waals surface area contributed by atoms with E-state index in [0.29, 0.717) is 12.2 Å². The Morgan fingerprint density at radius 2 is 2.18 bits per heavy atom. The second-order valence-electron chi connectivity index (χ2n) is 4.65. The van der Waals surface area contributed by atoms with Crippen molar-refractivity contribution in [2.45, 2.75) is 20.3 Å². The fourth-order valence-corrected chi connectivity index (χ4v) is 2.57. The molecule has 0 spiro atoms. The number of amides is 1. The molecule has 0 unspecified atom stereocenters. The first-order chi connectivity index (χ1) is 7.94. The van der Waals surface area contributed by atoms with E-state index in [1.54, 1.807) is 12.3 Å². The van der Waals surface area contributed by atoms with Gasteiger partial charge in [0.2, 0.25) is 0 Å². The first-order valence-corrected chi connectivity index (χ1v) is 7.32. The minimum absolute atomic E-state index is 0.0918. The topological polar surface area (TPSA) is 42.0 Å². The van der Waals surface area contributed by atoms with Crippen molar-refractivity contribution < 1.29 is 4.79 Å². The highest BCUT2D eigenvalue weighted by molar-refractivity contribution is 9.10. The first-order valence-electron chi connectivity index (χ1n) is 5.40. The highest BCUT2D eigenvalue weighted by atomic mass is 79.9. The third-order valence-electron chi connectivity index (χ3n) is 2.46. The summed E-state index contributed by atoms with van der Waals surface area (Å²) in [5, 5.41) is 3.84. The molecule has 0 bridgehead atoms. The van der Waals surface area contributed by atoms with E-state index in [2.05, 4.69) is 56.0 Å². The van der Waals surface area contributed by atoms with E-state index in [1.807, 2.05) is 6.07 Å². The van der Waals surface area contributed by atoms with E-state index in [-0.39, 0.29) is 11.3 Å². The molecule has 0 aromatic carbocycles. The number of aromatic nitrogens is 1. The summed E-state index contributed by atoms with van der Waals surface area (Å²) in [5.74, 6) is -0.125. The Kier molecular flexibility index (Phi) is 5.59. The van der Waals surface area contributed by atoms with Crippen LogP contribution in [0.1, 0.15) is 30.8 Å². The SMILES string of the molecule is CC(C)(CCBr)CNC(=O)c1ccc(Br)cn1. The second kappa shape index (κ2) is 6.50. The van der Waals surface area contributed by atoms with E-state index in [0.717, 1.165) is 16.2 Å². The van der Waals surface area contributed by atoms with Crippen LogP contribution in [0.15, 0.2) is 22.8 Å². The van der Waals surface area contributed by atoms with E-state index in [1.165, 1.54) is 0 Å². The first kappa shape index (κ1) is 14.6. The predicted molar refractivity (Wildman–Crippen MR) is 76.5 cm³/mol. The molecule has 1 aromatic heterocycles. The Morgan fingerprint density at radius 3 is 2.71 bits per heavy atom. The maximum Gasteiger partial charge on any atom is 0.269 e. The molecular weight excluding hydrogens is 348 g/mol. The molecule has 0 aliphatic heterocycles. The molecule has 0 aliphatic carbocycles. The average molecular weight is 364 g/mol. The van der Waals surface area contributed by atoms with Gasteiger partial charge in [-0.25, -0.2) is 4.98 Å². The molecule has 0 atom stereocenters. The number of alkyl halides is 1. The smallest absolute Gasteiger partial charge is 0.269 e. The van der Waals surface area contributed by atoms with Gasteiger partial charge in [0.05, 0.1) is 0 Å². The fourth-order valence-electron chi connectivity index (χ4n) is 1.26. The highest BCUT2D eigenvalue weighted by Crippen LogP contribution is 2.20. The van der Waals surface area contributed by atoms with Gasteiger partial charge in [-0.3, -0.25) is 4.79 Å². The van der Waals surface area contributed by atoms with Crippen LogP contribution in [-0.2, 0) is 0 Å². The van der Waals surface area contributed by atoms with Crippen molar-refractivity contribution in [3.8, 4) is 0 Å². The van der Waals surface area contributed by atoms with Gasteiger partial charge in [-0.15, -0.1) is 0 Å². The molecule has 5 heteroatoms. The number of nitrogens with one attached hydrogen (secondary N) is 1. The zero-order valence-corrected chi connectivity index (χ0v) is 13.1. The number of hydrogen-bond acceptors (Lipinski definition) is 2. The van der Waals surface area contributed by atoms with Crippen LogP contribution in [0.4, 0.5) is 0 Å². The molecule has 1 N–H and O–H groups in total. The minimum Gasteiger partial charge on any atom is -0.350 e. The van der Waals surface area contributed by atoms with Crippen molar-refractivity contribution in [1.29, 1.82) is 0 Å². The molecule has 0 aliphatic rings. The van der Waals surface area contributed by atoms with Crippen LogP contribution in [0.25, 0.3) is 0 Å². The monoisotopic (exact) mass is 362 g/mol. The minimum atomic E-state index is -0.125. The van der Waals surface area contributed by atoms with E-state index in [9.17, 15) is 4.79 Å². The van der Waals surface area contributed by atoms with Gasteiger partial charge in [-0.05, 0) is 39.9 Å².